The van der Waals surface area contributed by atoms with E-state index in [0.29, 0.717) is 30.1 Å². The minimum absolute atomic E-state index is 0. The standard InChI is InChI=1S/C22H29N3O2S.ClH/c1-16(23)18-7-4-12-25(15-18)22(27)17-6-2-8-19(14-17)24-21(26)11-3-9-20-10-5-13-28-20;/h2,5-6,8,10,13-14,16,18H,3-4,7,9,11-12,15,23H2,1H3,(H,24,26);1H. The van der Waals surface area contributed by atoms with Crippen LogP contribution in [0.1, 0.15) is 47.8 Å². The zero-order valence-electron chi connectivity index (χ0n) is 16.8. The second-order valence-electron chi connectivity index (χ2n) is 7.57. The quantitative estimate of drug-likeness (QED) is 0.679. The van der Waals surface area contributed by atoms with Gasteiger partial charge >= 0.3 is 0 Å². The Bertz CT molecular complexity index is 795. The number of nitrogens with two attached hydrogens (primary N) is 1. The van der Waals surface area contributed by atoms with Gasteiger partial charge in [0.2, 0.25) is 5.91 Å². The van der Waals surface area contributed by atoms with Crippen molar-refractivity contribution >= 4 is 41.2 Å². The van der Waals surface area contributed by atoms with E-state index in [1.54, 1.807) is 17.4 Å². The summed E-state index contributed by atoms with van der Waals surface area (Å²) in [5.74, 6) is 0.347. The number of carbonyl (C=O) groups is 2. The van der Waals surface area contributed by atoms with E-state index in [4.69, 9.17) is 5.73 Å². The molecule has 3 rings (SSSR count). The van der Waals surface area contributed by atoms with Gasteiger partial charge in [-0.15, -0.1) is 23.7 Å². The molecule has 2 atom stereocenters. The van der Waals surface area contributed by atoms with Crippen LogP contribution in [0.4, 0.5) is 5.69 Å². The number of nitrogens with zero attached hydrogens (tertiary/aromatic N) is 1. The van der Waals surface area contributed by atoms with E-state index in [1.807, 2.05) is 36.1 Å². The van der Waals surface area contributed by atoms with Gasteiger partial charge in [0.05, 0.1) is 0 Å². The van der Waals surface area contributed by atoms with Crippen LogP contribution in [0.25, 0.3) is 0 Å². The van der Waals surface area contributed by atoms with Gasteiger partial charge < -0.3 is 16.0 Å². The van der Waals surface area contributed by atoms with Crippen LogP contribution < -0.4 is 11.1 Å². The van der Waals surface area contributed by atoms with Crippen molar-refractivity contribution in [1.29, 1.82) is 0 Å². The zero-order chi connectivity index (χ0) is 19.9. The van der Waals surface area contributed by atoms with Crippen molar-refractivity contribution < 1.29 is 9.59 Å². The monoisotopic (exact) mass is 435 g/mol. The molecule has 7 heteroatoms. The molecule has 1 aliphatic rings. The molecule has 0 saturated carbocycles. The number of hydrogen-bond donors (Lipinski definition) is 2. The minimum atomic E-state index is -0.0175. The maximum Gasteiger partial charge on any atom is 0.253 e. The molecule has 5 nitrogen and oxygen atoms in total. The SMILES string of the molecule is CC(N)C1CCCN(C(=O)c2cccc(NC(=O)CCCc3cccs3)c2)C1.Cl. The molecule has 158 valence electrons. The van der Waals surface area contributed by atoms with Crippen LogP contribution in [0.5, 0.6) is 0 Å². The molecular weight excluding hydrogens is 406 g/mol. The number of carbonyl (C=O) groups excluding carboxylic acids is 2. The minimum Gasteiger partial charge on any atom is -0.338 e. The number of hydrogen-bond acceptors (Lipinski definition) is 4. The predicted octanol–water partition coefficient (Wildman–Crippen LogP) is 4.33. The van der Waals surface area contributed by atoms with Gasteiger partial charge in [-0.2, -0.15) is 0 Å². The topological polar surface area (TPSA) is 75.4 Å². The van der Waals surface area contributed by atoms with Gasteiger partial charge in [0.1, 0.15) is 0 Å². The first-order valence-corrected chi connectivity index (χ1v) is 10.9. The number of rotatable bonds is 7. The second kappa shape index (κ2) is 11.3. The summed E-state index contributed by atoms with van der Waals surface area (Å²) in [5, 5.41) is 4.97. The highest BCUT2D eigenvalue weighted by Crippen LogP contribution is 2.22. The van der Waals surface area contributed by atoms with Crippen molar-refractivity contribution in [2.24, 2.45) is 11.7 Å². The molecule has 1 aromatic carbocycles. The number of piperidine rings is 1. The van der Waals surface area contributed by atoms with E-state index in [0.717, 1.165) is 32.2 Å². The number of benzene rings is 1. The van der Waals surface area contributed by atoms with E-state index in [1.165, 1.54) is 4.88 Å². The molecule has 2 heterocycles. The Morgan fingerprint density at radius 1 is 1.31 bits per heavy atom. The molecule has 3 N–H and O–H groups in total. The fraction of sp³-hybridized carbons (Fsp3) is 0.455. The number of amides is 2. The Hall–Kier alpha value is -1.89. The van der Waals surface area contributed by atoms with E-state index in [2.05, 4.69) is 16.8 Å². The Kier molecular flexibility index (Phi) is 9.14. The number of thiophene rings is 1. The second-order valence-corrected chi connectivity index (χ2v) is 8.61. The average Bonchev–Trinajstić information content (AvgIpc) is 3.21. The lowest BCUT2D eigenvalue weighted by Gasteiger charge is -2.34. The lowest BCUT2D eigenvalue weighted by molar-refractivity contribution is -0.116. The highest BCUT2D eigenvalue weighted by Gasteiger charge is 2.26. The number of anilines is 1. The Balaban J connectivity index is 0.00000300. The summed E-state index contributed by atoms with van der Waals surface area (Å²) in [5.41, 5.74) is 7.32. The van der Waals surface area contributed by atoms with Crippen molar-refractivity contribution in [1.82, 2.24) is 4.90 Å². The van der Waals surface area contributed by atoms with Crippen molar-refractivity contribution in [3.63, 3.8) is 0 Å². The lowest BCUT2D eigenvalue weighted by atomic mass is 9.92. The molecule has 2 amide bonds. The Labute approximate surface area is 183 Å². The summed E-state index contributed by atoms with van der Waals surface area (Å²) in [6.45, 7) is 3.48. The maximum atomic E-state index is 12.9. The summed E-state index contributed by atoms with van der Waals surface area (Å²) in [6, 6.07) is 11.4. The lowest BCUT2D eigenvalue weighted by Crippen LogP contribution is -2.45. The highest BCUT2D eigenvalue weighted by atomic mass is 35.5. The number of likely N-dealkylation sites (tertiary alicyclic amines) is 1. The number of nitrogens with one attached hydrogen (secondary N) is 1. The van der Waals surface area contributed by atoms with Gasteiger partial charge in [-0.1, -0.05) is 12.1 Å². The summed E-state index contributed by atoms with van der Waals surface area (Å²) >= 11 is 1.72. The molecule has 1 fully saturated rings. The first kappa shape index (κ1) is 23.4. The van der Waals surface area contributed by atoms with Crippen LogP contribution in [0, 0.1) is 5.92 Å². The maximum absolute atomic E-state index is 12.9. The molecule has 0 spiro atoms. The third kappa shape index (κ3) is 6.84. The predicted molar refractivity (Wildman–Crippen MR) is 122 cm³/mol. The van der Waals surface area contributed by atoms with Gasteiger partial charge in [0.25, 0.3) is 5.91 Å². The van der Waals surface area contributed by atoms with Crippen molar-refractivity contribution in [2.45, 2.75) is 45.1 Å². The number of aryl methyl sites for hydroxylation is 1. The van der Waals surface area contributed by atoms with Gasteiger partial charge in [-0.25, -0.2) is 0 Å². The van der Waals surface area contributed by atoms with Crippen LogP contribution >= 0.6 is 23.7 Å². The third-order valence-electron chi connectivity index (χ3n) is 5.29. The van der Waals surface area contributed by atoms with Crippen LogP contribution in [0.3, 0.4) is 0 Å². The molecular formula is C22H30ClN3O2S. The summed E-state index contributed by atoms with van der Waals surface area (Å²) < 4.78 is 0. The van der Waals surface area contributed by atoms with Gasteiger partial charge in [-0.3, -0.25) is 9.59 Å². The molecule has 0 bridgehead atoms. The normalized spacial score (nSPS) is 17.3. The van der Waals surface area contributed by atoms with E-state index < -0.39 is 0 Å². The summed E-state index contributed by atoms with van der Waals surface area (Å²) in [4.78, 5) is 28.3. The molecule has 0 aliphatic carbocycles. The van der Waals surface area contributed by atoms with Crippen LogP contribution in [-0.4, -0.2) is 35.8 Å². The van der Waals surface area contributed by atoms with Gasteiger partial charge in [0.15, 0.2) is 0 Å². The zero-order valence-corrected chi connectivity index (χ0v) is 18.4. The first-order chi connectivity index (χ1) is 13.5. The number of halogens is 1. The first-order valence-electron chi connectivity index (χ1n) is 10.00. The largest absolute Gasteiger partial charge is 0.338 e. The van der Waals surface area contributed by atoms with Crippen LogP contribution in [0.2, 0.25) is 0 Å². The Morgan fingerprint density at radius 3 is 2.86 bits per heavy atom. The van der Waals surface area contributed by atoms with Crippen molar-refractivity contribution in [3.05, 3.63) is 52.2 Å². The van der Waals surface area contributed by atoms with E-state index in [9.17, 15) is 9.59 Å². The fourth-order valence-corrected chi connectivity index (χ4v) is 4.39. The molecule has 1 aromatic heterocycles. The molecule has 1 aliphatic heterocycles. The molecule has 0 radical (unpaired) electrons. The van der Waals surface area contributed by atoms with Crippen molar-refractivity contribution in [3.8, 4) is 0 Å². The van der Waals surface area contributed by atoms with Crippen molar-refractivity contribution in [2.75, 3.05) is 18.4 Å². The fourth-order valence-electron chi connectivity index (χ4n) is 3.64. The van der Waals surface area contributed by atoms with Gasteiger partial charge in [-0.05, 0) is 68.2 Å². The molecule has 1 saturated heterocycles. The van der Waals surface area contributed by atoms with E-state index >= 15 is 0 Å². The molecule has 2 unspecified atom stereocenters. The molecule has 29 heavy (non-hydrogen) atoms. The van der Waals surface area contributed by atoms with Crippen LogP contribution in [0.15, 0.2) is 41.8 Å². The summed E-state index contributed by atoms with van der Waals surface area (Å²) in [6.07, 6.45) is 4.26. The highest BCUT2D eigenvalue weighted by molar-refractivity contribution is 7.09. The van der Waals surface area contributed by atoms with Gasteiger partial charge in [0, 0.05) is 41.7 Å². The average molecular weight is 436 g/mol. The molecule has 2 aromatic rings. The van der Waals surface area contributed by atoms with Crippen LogP contribution in [-0.2, 0) is 11.2 Å². The third-order valence-corrected chi connectivity index (χ3v) is 6.23. The smallest absolute Gasteiger partial charge is 0.253 e. The van der Waals surface area contributed by atoms with E-state index in [-0.39, 0.29) is 30.3 Å². The Morgan fingerprint density at radius 2 is 2.14 bits per heavy atom. The summed E-state index contributed by atoms with van der Waals surface area (Å²) in [7, 11) is 0.